The topological polar surface area (TPSA) is 89.8 Å². The molecule has 8 heteroatoms. The Kier molecular flexibility index (Phi) is 3.52. The summed E-state index contributed by atoms with van der Waals surface area (Å²) in [4.78, 5) is 0. The van der Waals surface area contributed by atoms with Crippen LogP contribution >= 0.6 is 0 Å². The van der Waals surface area contributed by atoms with Crippen molar-refractivity contribution in [1.82, 2.24) is 20.2 Å². The number of benzene rings is 1. The predicted molar refractivity (Wildman–Crippen MR) is 71.6 cm³/mol. The van der Waals surface area contributed by atoms with Crippen molar-refractivity contribution < 1.29 is 8.42 Å². The molecule has 1 heterocycles. The lowest BCUT2D eigenvalue weighted by Gasteiger charge is -2.13. The third-order valence-electron chi connectivity index (χ3n) is 2.71. The Morgan fingerprint density at radius 3 is 2.63 bits per heavy atom. The third-order valence-corrected chi connectivity index (χ3v) is 4.45. The van der Waals surface area contributed by atoms with E-state index in [1.54, 1.807) is 19.9 Å². The predicted octanol–water partition coefficient (Wildman–Crippen LogP) is 1.12. The molecule has 19 heavy (non-hydrogen) atoms. The molecule has 0 aliphatic carbocycles. The summed E-state index contributed by atoms with van der Waals surface area (Å²) in [6.07, 6.45) is 1.45. The van der Waals surface area contributed by atoms with Gasteiger partial charge in [0.25, 0.3) is 0 Å². The molecule has 7 nitrogen and oxygen atoms in total. The SMILES string of the molecule is Cc1ccc(-n2cnnn2)cc1NS(=O)(=O)C(C)C. The molecule has 1 aromatic heterocycles. The fourth-order valence-corrected chi connectivity index (χ4v) is 2.18. The first-order valence-corrected chi connectivity index (χ1v) is 7.30. The van der Waals surface area contributed by atoms with E-state index in [0.717, 1.165) is 5.56 Å². The maximum atomic E-state index is 11.9. The molecule has 0 radical (unpaired) electrons. The summed E-state index contributed by atoms with van der Waals surface area (Å²) in [7, 11) is -3.37. The maximum absolute atomic E-state index is 11.9. The molecule has 102 valence electrons. The van der Waals surface area contributed by atoms with Crippen molar-refractivity contribution >= 4 is 15.7 Å². The van der Waals surface area contributed by atoms with Crippen LogP contribution in [0.3, 0.4) is 0 Å². The molecule has 0 aliphatic rings. The minimum Gasteiger partial charge on any atom is -0.283 e. The molecule has 2 aromatic rings. The molecular weight excluding hydrogens is 266 g/mol. The molecule has 1 N–H and O–H groups in total. The molecule has 0 aliphatic heterocycles. The van der Waals surface area contributed by atoms with Crippen LogP contribution < -0.4 is 4.72 Å². The zero-order valence-electron chi connectivity index (χ0n) is 10.9. The number of aryl methyl sites for hydroxylation is 1. The molecule has 0 spiro atoms. The van der Waals surface area contributed by atoms with Crippen LogP contribution in [0.5, 0.6) is 0 Å². The van der Waals surface area contributed by atoms with Crippen molar-refractivity contribution in [2.75, 3.05) is 4.72 Å². The van der Waals surface area contributed by atoms with E-state index in [4.69, 9.17) is 0 Å². The smallest absolute Gasteiger partial charge is 0.235 e. The lowest BCUT2D eigenvalue weighted by atomic mass is 10.2. The number of rotatable bonds is 4. The van der Waals surface area contributed by atoms with Gasteiger partial charge in [0.2, 0.25) is 10.0 Å². The third kappa shape index (κ3) is 2.90. The molecule has 0 amide bonds. The van der Waals surface area contributed by atoms with Crippen molar-refractivity contribution in [3.8, 4) is 5.69 Å². The highest BCUT2D eigenvalue weighted by Gasteiger charge is 2.17. The highest BCUT2D eigenvalue weighted by molar-refractivity contribution is 7.93. The molecule has 0 unspecified atom stereocenters. The van der Waals surface area contributed by atoms with Gasteiger partial charge in [-0.25, -0.2) is 13.1 Å². The standard InChI is InChI=1S/C11H15N5O2S/c1-8(2)19(17,18)13-11-6-10(5-4-9(11)3)16-7-12-14-15-16/h4-8,13H,1-3H3. The summed E-state index contributed by atoms with van der Waals surface area (Å²) < 4.78 is 27.8. The summed E-state index contributed by atoms with van der Waals surface area (Å²) in [6, 6.07) is 5.33. The number of aromatic nitrogens is 4. The molecule has 0 fully saturated rings. The highest BCUT2D eigenvalue weighted by atomic mass is 32.2. The molecule has 2 rings (SSSR count). The van der Waals surface area contributed by atoms with Gasteiger partial charge in [-0.3, -0.25) is 4.72 Å². The fraction of sp³-hybridized carbons (Fsp3) is 0.364. The Bertz CT molecular complexity index is 664. The quantitative estimate of drug-likeness (QED) is 0.907. The minimum absolute atomic E-state index is 0.497. The van der Waals surface area contributed by atoms with Crippen LogP contribution in [-0.4, -0.2) is 33.9 Å². The van der Waals surface area contributed by atoms with Crippen molar-refractivity contribution in [3.05, 3.63) is 30.1 Å². The van der Waals surface area contributed by atoms with E-state index in [9.17, 15) is 8.42 Å². The van der Waals surface area contributed by atoms with Crippen LogP contribution in [0.1, 0.15) is 19.4 Å². The van der Waals surface area contributed by atoms with E-state index in [1.807, 2.05) is 19.1 Å². The summed E-state index contributed by atoms with van der Waals surface area (Å²) in [5, 5.41) is 10.4. The lowest BCUT2D eigenvalue weighted by molar-refractivity contribution is 0.592. The Morgan fingerprint density at radius 1 is 1.32 bits per heavy atom. The summed E-state index contributed by atoms with van der Waals surface area (Å²) in [5.41, 5.74) is 2.06. The van der Waals surface area contributed by atoms with Crippen LogP contribution in [0.25, 0.3) is 5.69 Å². The van der Waals surface area contributed by atoms with Gasteiger partial charge in [-0.05, 0) is 48.9 Å². The number of nitrogens with zero attached hydrogens (tertiary/aromatic N) is 4. The second-order valence-electron chi connectivity index (χ2n) is 4.45. The lowest BCUT2D eigenvalue weighted by Crippen LogP contribution is -2.23. The van der Waals surface area contributed by atoms with Gasteiger partial charge in [0.15, 0.2) is 0 Å². The van der Waals surface area contributed by atoms with Gasteiger partial charge < -0.3 is 0 Å². The number of sulfonamides is 1. The minimum atomic E-state index is -3.37. The van der Waals surface area contributed by atoms with Gasteiger partial charge >= 0.3 is 0 Å². The molecular formula is C11H15N5O2S. The first-order chi connectivity index (χ1) is 8.90. The monoisotopic (exact) mass is 281 g/mol. The summed E-state index contributed by atoms with van der Waals surface area (Å²) in [5.74, 6) is 0. The van der Waals surface area contributed by atoms with E-state index in [-0.39, 0.29) is 0 Å². The van der Waals surface area contributed by atoms with E-state index in [2.05, 4.69) is 20.2 Å². The van der Waals surface area contributed by atoms with Gasteiger partial charge in [-0.1, -0.05) is 6.07 Å². The molecule has 1 aromatic carbocycles. The van der Waals surface area contributed by atoms with E-state index in [0.29, 0.717) is 11.4 Å². The molecule has 0 saturated carbocycles. The zero-order chi connectivity index (χ0) is 14.0. The van der Waals surface area contributed by atoms with Crippen LogP contribution in [0.4, 0.5) is 5.69 Å². The maximum Gasteiger partial charge on any atom is 0.235 e. The number of anilines is 1. The normalized spacial score (nSPS) is 11.8. The first kappa shape index (κ1) is 13.5. The fourth-order valence-electron chi connectivity index (χ4n) is 1.41. The van der Waals surface area contributed by atoms with Gasteiger partial charge in [-0.2, -0.15) is 0 Å². The number of nitrogens with one attached hydrogen (secondary N) is 1. The Balaban J connectivity index is 2.39. The Hall–Kier alpha value is -1.96. The van der Waals surface area contributed by atoms with Crippen LogP contribution in [0.2, 0.25) is 0 Å². The van der Waals surface area contributed by atoms with Gasteiger partial charge in [0, 0.05) is 0 Å². The van der Waals surface area contributed by atoms with Gasteiger partial charge in [0.05, 0.1) is 16.6 Å². The zero-order valence-corrected chi connectivity index (χ0v) is 11.7. The second-order valence-corrected chi connectivity index (χ2v) is 6.69. The Labute approximate surface area is 111 Å². The molecule has 0 bridgehead atoms. The second kappa shape index (κ2) is 4.96. The molecule has 0 saturated heterocycles. The summed E-state index contributed by atoms with van der Waals surface area (Å²) in [6.45, 7) is 5.09. The van der Waals surface area contributed by atoms with Crippen LogP contribution in [0.15, 0.2) is 24.5 Å². The van der Waals surface area contributed by atoms with Crippen molar-refractivity contribution in [3.63, 3.8) is 0 Å². The van der Waals surface area contributed by atoms with E-state index >= 15 is 0 Å². The van der Waals surface area contributed by atoms with Crippen molar-refractivity contribution in [2.45, 2.75) is 26.0 Å². The average molecular weight is 281 g/mol. The van der Waals surface area contributed by atoms with Gasteiger partial charge in [0.1, 0.15) is 6.33 Å². The first-order valence-electron chi connectivity index (χ1n) is 5.76. The van der Waals surface area contributed by atoms with E-state index in [1.165, 1.54) is 11.0 Å². The number of hydrogen-bond acceptors (Lipinski definition) is 5. The van der Waals surface area contributed by atoms with Crippen LogP contribution in [0, 0.1) is 6.92 Å². The number of hydrogen-bond donors (Lipinski definition) is 1. The highest BCUT2D eigenvalue weighted by Crippen LogP contribution is 2.21. The van der Waals surface area contributed by atoms with Crippen molar-refractivity contribution in [2.24, 2.45) is 0 Å². The largest absolute Gasteiger partial charge is 0.283 e. The average Bonchev–Trinajstić information content (AvgIpc) is 2.85. The summed E-state index contributed by atoms with van der Waals surface area (Å²) >= 11 is 0. The van der Waals surface area contributed by atoms with Gasteiger partial charge in [-0.15, -0.1) is 5.10 Å². The number of tetrazole rings is 1. The van der Waals surface area contributed by atoms with Crippen LogP contribution in [-0.2, 0) is 10.0 Å². The van der Waals surface area contributed by atoms with E-state index < -0.39 is 15.3 Å². The van der Waals surface area contributed by atoms with Crippen molar-refractivity contribution in [1.29, 1.82) is 0 Å². The Morgan fingerprint density at radius 2 is 2.05 bits per heavy atom. The molecule has 0 atom stereocenters.